The highest BCUT2D eigenvalue weighted by atomic mass is 15.3. The minimum absolute atomic E-state index is 0.692. The summed E-state index contributed by atoms with van der Waals surface area (Å²) < 4.78 is 0. The van der Waals surface area contributed by atoms with Crippen molar-refractivity contribution >= 4 is 0 Å². The zero-order chi connectivity index (χ0) is 14.7. The van der Waals surface area contributed by atoms with Crippen LogP contribution in [-0.4, -0.2) is 61.7 Å². The molecule has 0 aromatic rings. The predicted octanol–water partition coefficient (Wildman–Crippen LogP) is 2.43. The monoisotopic (exact) mass is 281 g/mol. The average molecular weight is 281 g/mol. The Hall–Kier alpha value is -0.120. The second-order valence-electron chi connectivity index (χ2n) is 7.32. The average Bonchev–Trinajstić information content (AvgIpc) is 2.44. The topological polar surface area (TPSA) is 18.5 Å². The van der Waals surface area contributed by atoms with Gasteiger partial charge in [0.05, 0.1) is 0 Å². The van der Waals surface area contributed by atoms with Crippen LogP contribution in [0, 0.1) is 11.8 Å². The Morgan fingerprint density at radius 1 is 1.10 bits per heavy atom. The van der Waals surface area contributed by atoms with Gasteiger partial charge in [0.25, 0.3) is 0 Å². The number of hydrogen-bond acceptors (Lipinski definition) is 3. The second-order valence-corrected chi connectivity index (χ2v) is 7.32. The van der Waals surface area contributed by atoms with Gasteiger partial charge >= 0.3 is 0 Å². The molecular formula is C17H35N3. The Morgan fingerprint density at radius 2 is 1.75 bits per heavy atom. The Morgan fingerprint density at radius 3 is 2.30 bits per heavy atom. The quantitative estimate of drug-likeness (QED) is 0.854. The molecule has 1 aliphatic carbocycles. The van der Waals surface area contributed by atoms with E-state index in [1.54, 1.807) is 0 Å². The van der Waals surface area contributed by atoms with Crippen molar-refractivity contribution in [2.24, 2.45) is 11.8 Å². The number of hydrogen-bond donors (Lipinski definition) is 1. The van der Waals surface area contributed by atoms with Crippen LogP contribution in [0.4, 0.5) is 0 Å². The molecule has 0 bridgehead atoms. The Kier molecular flexibility index (Phi) is 5.88. The standard InChI is InChI=1S/C17H35N3/c1-6-15-7-8-17(18-4)16(9-15)12-20-10-13(2)19(5)14(3)11-20/h13-18H,6-12H2,1-5H3. The zero-order valence-corrected chi connectivity index (χ0v) is 14.2. The number of nitrogens with one attached hydrogen (secondary N) is 1. The first-order valence-corrected chi connectivity index (χ1v) is 8.66. The molecule has 0 amide bonds. The first-order chi connectivity index (χ1) is 9.55. The molecule has 0 aromatic carbocycles. The smallest absolute Gasteiger partial charge is 0.0195 e. The lowest BCUT2D eigenvalue weighted by atomic mass is 9.76. The van der Waals surface area contributed by atoms with Crippen LogP contribution in [0.1, 0.15) is 46.5 Å². The SMILES string of the molecule is CCC1CCC(NC)C(CN2CC(C)N(C)C(C)C2)C1. The van der Waals surface area contributed by atoms with Gasteiger partial charge in [-0.15, -0.1) is 0 Å². The highest BCUT2D eigenvalue weighted by molar-refractivity contribution is 4.89. The minimum Gasteiger partial charge on any atom is -0.317 e. The third kappa shape index (κ3) is 3.75. The van der Waals surface area contributed by atoms with E-state index < -0.39 is 0 Å². The molecule has 0 aromatic heterocycles. The van der Waals surface area contributed by atoms with Crippen LogP contribution in [0.5, 0.6) is 0 Å². The van der Waals surface area contributed by atoms with Crippen LogP contribution in [-0.2, 0) is 0 Å². The lowest BCUT2D eigenvalue weighted by Gasteiger charge is -2.45. The molecule has 20 heavy (non-hydrogen) atoms. The summed E-state index contributed by atoms with van der Waals surface area (Å²) in [5.74, 6) is 1.81. The van der Waals surface area contributed by atoms with Gasteiger partial charge < -0.3 is 5.32 Å². The van der Waals surface area contributed by atoms with Crippen LogP contribution >= 0.6 is 0 Å². The Balaban J connectivity index is 1.92. The van der Waals surface area contributed by atoms with E-state index in [-0.39, 0.29) is 0 Å². The van der Waals surface area contributed by atoms with Crippen LogP contribution in [0.25, 0.3) is 0 Å². The van der Waals surface area contributed by atoms with Crippen LogP contribution in [0.15, 0.2) is 0 Å². The van der Waals surface area contributed by atoms with Crippen molar-refractivity contribution < 1.29 is 0 Å². The van der Waals surface area contributed by atoms with Gasteiger partial charge in [0.15, 0.2) is 0 Å². The Bertz CT molecular complexity index is 282. The fraction of sp³-hybridized carbons (Fsp3) is 1.00. The number of piperazine rings is 1. The predicted molar refractivity (Wildman–Crippen MR) is 87.1 cm³/mol. The number of nitrogens with zero attached hydrogens (tertiary/aromatic N) is 2. The first-order valence-electron chi connectivity index (χ1n) is 8.66. The van der Waals surface area contributed by atoms with Crippen molar-refractivity contribution in [1.29, 1.82) is 0 Å². The summed E-state index contributed by atoms with van der Waals surface area (Å²) in [4.78, 5) is 5.25. The molecule has 1 saturated carbocycles. The molecule has 3 nitrogen and oxygen atoms in total. The first kappa shape index (κ1) is 16.3. The normalized spacial score (nSPS) is 41.0. The number of likely N-dealkylation sites (N-methyl/N-ethyl adjacent to an activating group) is 1. The molecule has 0 radical (unpaired) electrons. The summed E-state index contributed by atoms with van der Waals surface area (Å²) in [6.07, 6.45) is 5.59. The van der Waals surface area contributed by atoms with Gasteiger partial charge in [-0.05, 0) is 59.0 Å². The van der Waals surface area contributed by atoms with Crippen molar-refractivity contribution in [3.63, 3.8) is 0 Å². The van der Waals surface area contributed by atoms with E-state index in [1.807, 2.05) is 0 Å². The van der Waals surface area contributed by atoms with Gasteiger partial charge in [-0.2, -0.15) is 0 Å². The summed E-state index contributed by atoms with van der Waals surface area (Å²) in [5.41, 5.74) is 0. The van der Waals surface area contributed by atoms with E-state index in [9.17, 15) is 0 Å². The van der Waals surface area contributed by atoms with Crippen LogP contribution < -0.4 is 5.32 Å². The van der Waals surface area contributed by atoms with Gasteiger partial charge in [-0.25, -0.2) is 0 Å². The molecule has 0 spiro atoms. The molecule has 1 saturated heterocycles. The maximum atomic E-state index is 3.58. The highest BCUT2D eigenvalue weighted by Crippen LogP contribution is 2.32. The molecule has 2 rings (SSSR count). The van der Waals surface area contributed by atoms with Gasteiger partial charge in [0.2, 0.25) is 0 Å². The van der Waals surface area contributed by atoms with Gasteiger partial charge in [0, 0.05) is 37.8 Å². The van der Waals surface area contributed by atoms with Crippen molar-refractivity contribution in [3.05, 3.63) is 0 Å². The maximum Gasteiger partial charge on any atom is 0.0195 e. The third-order valence-corrected chi connectivity index (χ3v) is 5.97. The molecule has 2 fully saturated rings. The van der Waals surface area contributed by atoms with Crippen molar-refractivity contribution in [1.82, 2.24) is 15.1 Å². The minimum atomic E-state index is 0.692. The highest BCUT2D eigenvalue weighted by Gasteiger charge is 2.33. The van der Waals surface area contributed by atoms with Crippen molar-refractivity contribution in [2.75, 3.05) is 33.7 Å². The van der Waals surface area contributed by atoms with E-state index in [0.717, 1.165) is 17.9 Å². The third-order valence-electron chi connectivity index (χ3n) is 5.97. The summed E-state index contributed by atoms with van der Waals surface area (Å²) in [7, 11) is 4.43. The van der Waals surface area contributed by atoms with Gasteiger partial charge in [0.1, 0.15) is 0 Å². The lowest BCUT2D eigenvalue weighted by molar-refractivity contribution is 0.0378. The van der Waals surface area contributed by atoms with E-state index >= 15 is 0 Å². The van der Waals surface area contributed by atoms with Crippen molar-refractivity contribution in [2.45, 2.75) is 64.6 Å². The largest absolute Gasteiger partial charge is 0.317 e. The van der Waals surface area contributed by atoms with E-state index in [1.165, 1.54) is 45.3 Å². The summed E-state index contributed by atoms with van der Waals surface area (Å²) in [6.45, 7) is 10.9. The second kappa shape index (κ2) is 7.24. The molecule has 5 unspecified atom stereocenters. The molecule has 5 atom stereocenters. The van der Waals surface area contributed by atoms with E-state index in [2.05, 4.69) is 50.0 Å². The molecule has 2 aliphatic rings. The van der Waals surface area contributed by atoms with Crippen LogP contribution in [0.3, 0.4) is 0 Å². The molecule has 1 heterocycles. The van der Waals surface area contributed by atoms with E-state index in [4.69, 9.17) is 0 Å². The molecule has 1 N–H and O–H groups in total. The fourth-order valence-corrected chi connectivity index (χ4v) is 4.31. The maximum absolute atomic E-state index is 3.58. The molecule has 3 heteroatoms. The zero-order valence-electron chi connectivity index (χ0n) is 14.2. The van der Waals surface area contributed by atoms with Crippen molar-refractivity contribution in [3.8, 4) is 0 Å². The number of rotatable bonds is 4. The molecule has 118 valence electrons. The Labute approximate surface area is 126 Å². The molecule has 1 aliphatic heterocycles. The fourth-order valence-electron chi connectivity index (χ4n) is 4.31. The van der Waals surface area contributed by atoms with Gasteiger partial charge in [-0.3, -0.25) is 9.80 Å². The summed E-state index contributed by atoms with van der Waals surface area (Å²) >= 11 is 0. The van der Waals surface area contributed by atoms with Crippen LogP contribution in [0.2, 0.25) is 0 Å². The van der Waals surface area contributed by atoms with E-state index in [0.29, 0.717) is 12.1 Å². The summed E-state index contributed by atoms with van der Waals surface area (Å²) in [6, 6.07) is 2.12. The summed E-state index contributed by atoms with van der Waals surface area (Å²) in [5, 5.41) is 3.58. The van der Waals surface area contributed by atoms with Gasteiger partial charge in [-0.1, -0.05) is 13.3 Å². The lowest BCUT2D eigenvalue weighted by Crippen LogP contribution is -2.57. The molecular weight excluding hydrogens is 246 g/mol.